The van der Waals surface area contributed by atoms with Crippen molar-refractivity contribution >= 4 is 5.57 Å². The monoisotopic (exact) mass is 238 g/mol. The van der Waals surface area contributed by atoms with Crippen molar-refractivity contribution in [1.29, 1.82) is 0 Å². The molecule has 0 aliphatic heterocycles. The molecule has 0 saturated carbocycles. The van der Waals surface area contributed by atoms with Crippen LogP contribution in [0.4, 0.5) is 0 Å². The lowest BCUT2D eigenvalue weighted by atomic mass is 9.96. The van der Waals surface area contributed by atoms with Crippen LogP contribution >= 0.6 is 0 Å². The summed E-state index contributed by atoms with van der Waals surface area (Å²) in [4.78, 5) is 9.19. The Hall–Kier alpha value is -1.70. The van der Waals surface area contributed by atoms with Crippen molar-refractivity contribution in [3.8, 4) is 0 Å². The number of aromatic nitrogens is 2. The Kier molecular flexibility index (Phi) is 3.35. The summed E-state index contributed by atoms with van der Waals surface area (Å²) >= 11 is 0. The summed E-state index contributed by atoms with van der Waals surface area (Å²) in [6.07, 6.45) is 18.8. The topological polar surface area (TPSA) is 25.8 Å². The highest BCUT2D eigenvalue weighted by Gasteiger charge is 2.14. The van der Waals surface area contributed by atoms with Crippen LogP contribution < -0.4 is 0 Å². The summed E-state index contributed by atoms with van der Waals surface area (Å²) in [5.74, 6) is 1.30. The smallest absolute Gasteiger partial charge is 0.136 e. The van der Waals surface area contributed by atoms with Gasteiger partial charge >= 0.3 is 0 Å². The van der Waals surface area contributed by atoms with Gasteiger partial charge in [-0.05, 0) is 43.7 Å². The predicted octanol–water partition coefficient (Wildman–Crippen LogP) is 4.03. The van der Waals surface area contributed by atoms with E-state index in [0.717, 1.165) is 24.4 Å². The van der Waals surface area contributed by atoms with Crippen molar-refractivity contribution in [3.05, 3.63) is 54.2 Å². The molecule has 0 fully saturated rings. The second-order valence-corrected chi connectivity index (χ2v) is 4.93. The third kappa shape index (κ3) is 2.42. The lowest BCUT2D eigenvalue weighted by molar-refractivity contribution is 0.732. The van der Waals surface area contributed by atoms with Gasteiger partial charge in [0.15, 0.2) is 0 Å². The zero-order valence-corrected chi connectivity index (χ0v) is 10.5. The van der Waals surface area contributed by atoms with Gasteiger partial charge in [0, 0.05) is 12.1 Å². The summed E-state index contributed by atoms with van der Waals surface area (Å²) in [6.45, 7) is 0. The first-order valence-electron chi connectivity index (χ1n) is 6.79. The largest absolute Gasteiger partial charge is 0.241 e. The number of hydrogen-bond acceptors (Lipinski definition) is 2. The van der Waals surface area contributed by atoms with E-state index in [1.54, 1.807) is 0 Å². The van der Waals surface area contributed by atoms with Crippen molar-refractivity contribution in [2.45, 2.75) is 38.0 Å². The van der Waals surface area contributed by atoms with Gasteiger partial charge in [-0.3, -0.25) is 0 Å². The van der Waals surface area contributed by atoms with Gasteiger partial charge in [-0.25, -0.2) is 9.97 Å². The molecule has 0 amide bonds. The molecule has 0 N–H and O–H groups in total. The summed E-state index contributed by atoms with van der Waals surface area (Å²) in [6, 6.07) is 2.04. The Morgan fingerprint density at radius 2 is 2.17 bits per heavy atom. The molecular weight excluding hydrogens is 220 g/mol. The first-order valence-corrected chi connectivity index (χ1v) is 6.79. The minimum absolute atomic E-state index is 0.346. The Morgan fingerprint density at radius 3 is 2.94 bits per heavy atom. The second-order valence-electron chi connectivity index (χ2n) is 4.93. The zero-order chi connectivity index (χ0) is 12.2. The molecule has 1 heterocycles. The molecule has 2 aliphatic carbocycles. The molecule has 2 heteroatoms. The highest BCUT2D eigenvalue weighted by Crippen LogP contribution is 2.27. The van der Waals surface area contributed by atoms with E-state index < -0.39 is 0 Å². The van der Waals surface area contributed by atoms with Crippen molar-refractivity contribution in [2.24, 2.45) is 0 Å². The third-order valence-electron chi connectivity index (χ3n) is 3.61. The van der Waals surface area contributed by atoms with Crippen molar-refractivity contribution < 1.29 is 0 Å². The first kappa shape index (κ1) is 11.4. The fourth-order valence-corrected chi connectivity index (χ4v) is 2.57. The molecule has 92 valence electrons. The third-order valence-corrected chi connectivity index (χ3v) is 3.61. The van der Waals surface area contributed by atoms with Crippen LogP contribution in [0.3, 0.4) is 0 Å². The molecule has 2 aliphatic rings. The van der Waals surface area contributed by atoms with Crippen LogP contribution in [0.2, 0.25) is 0 Å². The van der Waals surface area contributed by atoms with E-state index in [0.29, 0.717) is 5.92 Å². The minimum atomic E-state index is 0.346. The van der Waals surface area contributed by atoms with Gasteiger partial charge in [0.25, 0.3) is 0 Å². The number of rotatable bonds is 2. The van der Waals surface area contributed by atoms with Crippen LogP contribution in [0, 0.1) is 0 Å². The molecule has 2 nitrogen and oxygen atoms in total. The molecule has 1 unspecified atom stereocenters. The second kappa shape index (κ2) is 5.30. The lowest BCUT2D eigenvalue weighted by Crippen LogP contribution is -2.05. The number of nitrogens with zero attached hydrogens (tertiary/aromatic N) is 2. The average Bonchev–Trinajstić information content (AvgIpc) is 2.49. The summed E-state index contributed by atoms with van der Waals surface area (Å²) in [5, 5.41) is 0. The van der Waals surface area contributed by atoms with Crippen LogP contribution in [0.25, 0.3) is 5.57 Å². The van der Waals surface area contributed by atoms with E-state index in [1.807, 2.05) is 12.3 Å². The van der Waals surface area contributed by atoms with Crippen LogP contribution in [0.15, 0.2) is 42.6 Å². The van der Waals surface area contributed by atoms with Crippen LogP contribution in [0.1, 0.15) is 49.5 Å². The van der Waals surface area contributed by atoms with Crippen molar-refractivity contribution in [1.82, 2.24) is 9.97 Å². The summed E-state index contributed by atoms with van der Waals surface area (Å²) in [7, 11) is 0. The molecule has 3 rings (SSSR count). The van der Waals surface area contributed by atoms with Gasteiger partial charge in [-0.2, -0.15) is 0 Å². The van der Waals surface area contributed by atoms with Gasteiger partial charge in [-0.1, -0.05) is 30.4 Å². The molecule has 0 radical (unpaired) electrons. The maximum Gasteiger partial charge on any atom is 0.136 e. The average molecular weight is 238 g/mol. The molecule has 0 aromatic carbocycles. The molecule has 18 heavy (non-hydrogen) atoms. The maximum atomic E-state index is 4.76. The molecule has 1 aromatic heterocycles. The molecule has 0 saturated heterocycles. The molecule has 0 spiro atoms. The van der Waals surface area contributed by atoms with E-state index >= 15 is 0 Å². The lowest BCUT2D eigenvalue weighted by Gasteiger charge is -2.15. The van der Waals surface area contributed by atoms with Crippen molar-refractivity contribution in [2.75, 3.05) is 0 Å². The van der Waals surface area contributed by atoms with Gasteiger partial charge in [0.2, 0.25) is 0 Å². The predicted molar refractivity (Wildman–Crippen MR) is 74.1 cm³/mol. The fourth-order valence-electron chi connectivity index (χ4n) is 2.57. The Morgan fingerprint density at radius 1 is 1.17 bits per heavy atom. The Bertz CT molecular complexity index is 512. The van der Waals surface area contributed by atoms with E-state index in [4.69, 9.17) is 4.98 Å². The van der Waals surface area contributed by atoms with Crippen LogP contribution in [0.5, 0.6) is 0 Å². The van der Waals surface area contributed by atoms with E-state index in [-0.39, 0.29) is 0 Å². The summed E-state index contributed by atoms with van der Waals surface area (Å²) < 4.78 is 0. The fraction of sp³-hybridized carbons (Fsp3) is 0.375. The highest BCUT2D eigenvalue weighted by molar-refractivity contribution is 5.62. The quantitative estimate of drug-likeness (QED) is 0.777. The Labute approximate surface area is 108 Å². The van der Waals surface area contributed by atoms with Crippen LogP contribution in [-0.4, -0.2) is 9.97 Å². The van der Waals surface area contributed by atoms with E-state index in [1.165, 1.54) is 24.8 Å². The molecule has 1 atom stereocenters. The summed E-state index contributed by atoms with van der Waals surface area (Å²) in [5.41, 5.74) is 2.53. The SMILES string of the molecule is C1=CCC(c2nccc(C3=CCCCC3)n2)C=C1. The van der Waals surface area contributed by atoms with Crippen molar-refractivity contribution in [3.63, 3.8) is 0 Å². The van der Waals surface area contributed by atoms with Gasteiger partial charge in [0.1, 0.15) is 5.82 Å². The van der Waals surface area contributed by atoms with Crippen LogP contribution in [-0.2, 0) is 0 Å². The zero-order valence-electron chi connectivity index (χ0n) is 10.5. The van der Waals surface area contributed by atoms with Gasteiger partial charge < -0.3 is 0 Å². The molecule has 1 aromatic rings. The van der Waals surface area contributed by atoms with Gasteiger partial charge in [0.05, 0.1) is 5.69 Å². The normalized spacial score (nSPS) is 22.9. The minimum Gasteiger partial charge on any atom is -0.241 e. The highest BCUT2D eigenvalue weighted by atomic mass is 14.9. The van der Waals surface area contributed by atoms with Gasteiger partial charge in [-0.15, -0.1) is 0 Å². The number of hydrogen-bond donors (Lipinski definition) is 0. The standard InChI is InChI=1S/C16H18N2/c1-3-7-13(8-4-1)15-11-12-17-16(18-15)14-9-5-2-6-10-14/h2,5-7,9,11-12,14H,1,3-4,8,10H2. The maximum absolute atomic E-state index is 4.76. The Balaban J connectivity index is 1.86. The van der Waals surface area contributed by atoms with E-state index in [2.05, 4.69) is 35.4 Å². The molecular formula is C16H18N2. The molecule has 0 bridgehead atoms. The first-order chi connectivity index (χ1) is 8.93. The number of allylic oxidation sites excluding steroid dienone is 6. The van der Waals surface area contributed by atoms with E-state index in [9.17, 15) is 0 Å².